The Kier molecular flexibility index (Phi) is 4.11. The Morgan fingerprint density at radius 3 is 2.48 bits per heavy atom. The quantitative estimate of drug-likeness (QED) is 0.583. The van der Waals surface area contributed by atoms with Crippen molar-refractivity contribution in [3.05, 3.63) is 33.9 Å². The third-order valence-electron chi connectivity index (χ3n) is 3.43. The van der Waals surface area contributed by atoms with Gasteiger partial charge in [0.15, 0.2) is 0 Å². The molecule has 114 valence electrons. The Hall–Kier alpha value is -1.80. The lowest BCUT2D eigenvalue weighted by Crippen LogP contribution is -2.22. The standard InChI is InChI=1S/C13H16N2O5S/c1-14(2)21(19,20)11-6-5-10(12(8-11)15(17)18)7-13(16)9-3-4-9/h5-6,8-9H,3-4,7H2,1-2H3. The van der Waals surface area contributed by atoms with Crippen LogP contribution in [0.1, 0.15) is 18.4 Å². The van der Waals surface area contributed by atoms with E-state index in [-0.39, 0.29) is 34.3 Å². The largest absolute Gasteiger partial charge is 0.299 e. The molecule has 0 heterocycles. The zero-order valence-electron chi connectivity index (χ0n) is 11.8. The first-order valence-electron chi connectivity index (χ1n) is 6.46. The smallest absolute Gasteiger partial charge is 0.274 e. The molecular formula is C13H16N2O5S. The first-order valence-corrected chi connectivity index (χ1v) is 7.90. The number of nitro benzene ring substituents is 1. The predicted molar refractivity (Wildman–Crippen MR) is 75.4 cm³/mol. The van der Waals surface area contributed by atoms with E-state index in [2.05, 4.69) is 0 Å². The van der Waals surface area contributed by atoms with Gasteiger partial charge in [0.05, 0.1) is 9.82 Å². The molecule has 0 unspecified atom stereocenters. The van der Waals surface area contributed by atoms with E-state index in [1.165, 1.54) is 26.2 Å². The number of carbonyl (C=O) groups is 1. The van der Waals surface area contributed by atoms with E-state index in [1.807, 2.05) is 0 Å². The van der Waals surface area contributed by atoms with Gasteiger partial charge in [0, 0.05) is 38.1 Å². The molecule has 0 amide bonds. The molecule has 2 rings (SSSR count). The van der Waals surface area contributed by atoms with Crippen molar-refractivity contribution in [3.63, 3.8) is 0 Å². The predicted octanol–water partition coefficient (Wildman–Crippen LogP) is 1.37. The van der Waals surface area contributed by atoms with Crippen LogP contribution >= 0.6 is 0 Å². The second kappa shape index (κ2) is 5.53. The highest BCUT2D eigenvalue weighted by Crippen LogP contribution is 2.33. The highest BCUT2D eigenvalue weighted by Gasteiger charge is 2.31. The third kappa shape index (κ3) is 3.27. The summed E-state index contributed by atoms with van der Waals surface area (Å²) in [6.07, 6.45) is 1.64. The summed E-state index contributed by atoms with van der Waals surface area (Å²) >= 11 is 0. The van der Waals surface area contributed by atoms with Crippen molar-refractivity contribution in [1.29, 1.82) is 0 Å². The number of rotatable bonds is 6. The van der Waals surface area contributed by atoms with Gasteiger partial charge in [0.2, 0.25) is 10.0 Å². The van der Waals surface area contributed by atoms with Crippen LogP contribution in [0, 0.1) is 16.0 Å². The van der Waals surface area contributed by atoms with Gasteiger partial charge in [-0.1, -0.05) is 6.07 Å². The summed E-state index contributed by atoms with van der Waals surface area (Å²) in [6.45, 7) is 0. The van der Waals surface area contributed by atoms with E-state index in [9.17, 15) is 23.3 Å². The average Bonchev–Trinajstić information content (AvgIpc) is 3.22. The zero-order valence-corrected chi connectivity index (χ0v) is 12.6. The number of benzene rings is 1. The van der Waals surface area contributed by atoms with Crippen LogP contribution in [0.3, 0.4) is 0 Å². The van der Waals surface area contributed by atoms with Crippen LogP contribution in [0.25, 0.3) is 0 Å². The minimum atomic E-state index is -3.74. The van der Waals surface area contributed by atoms with E-state index in [4.69, 9.17) is 0 Å². The van der Waals surface area contributed by atoms with E-state index in [0.29, 0.717) is 0 Å². The van der Waals surface area contributed by atoms with E-state index >= 15 is 0 Å². The van der Waals surface area contributed by atoms with Crippen molar-refractivity contribution < 1.29 is 18.1 Å². The monoisotopic (exact) mass is 312 g/mol. The molecule has 21 heavy (non-hydrogen) atoms. The van der Waals surface area contributed by atoms with E-state index < -0.39 is 14.9 Å². The molecule has 1 aromatic carbocycles. The van der Waals surface area contributed by atoms with Crippen molar-refractivity contribution in [2.45, 2.75) is 24.2 Å². The molecule has 8 heteroatoms. The summed E-state index contributed by atoms with van der Waals surface area (Å²) < 4.78 is 25.0. The summed E-state index contributed by atoms with van der Waals surface area (Å²) in [5.41, 5.74) is -0.0680. The van der Waals surface area contributed by atoms with Crippen molar-refractivity contribution >= 4 is 21.5 Å². The van der Waals surface area contributed by atoms with Gasteiger partial charge in [-0.2, -0.15) is 0 Å². The lowest BCUT2D eigenvalue weighted by atomic mass is 10.0. The molecule has 0 spiro atoms. The van der Waals surface area contributed by atoms with Crippen molar-refractivity contribution in [2.75, 3.05) is 14.1 Å². The van der Waals surface area contributed by atoms with Crippen molar-refractivity contribution in [3.8, 4) is 0 Å². The van der Waals surface area contributed by atoms with Gasteiger partial charge in [-0.05, 0) is 18.9 Å². The molecule has 0 N–H and O–H groups in total. The second-order valence-electron chi connectivity index (χ2n) is 5.25. The van der Waals surface area contributed by atoms with Crippen LogP contribution in [-0.2, 0) is 21.2 Å². The number of sulfonamides is 1. The molecule has 0 aliphatic heterocycles. The highest BCUT2D eigenvalue weighted by atomic mass is 32.2. The molecule has 0 radical (unpaired) electrons. The van der Waals surface area contributed by atoms with Gasteiger partial charge >= 0.3 is 0 Å². The number of nitro groups is 1. The number of carbonyl (C=O) groups excluding carboxylic acids is 1. The normalized spacial score (nSPS) is 15.2. The molecule has 1 aromatic rings. The number of nitrogens with zero attached hydrogens (tertiary/aromatic N) is 2. The van der Waals surface area contributed by atoms with Crippen LogP contribution in [0.15, 0.2) is 23.1 Å². The van der Waals surface area contributed by atoms with Crippen LogP contribution in [-0.4, -0.2) is 37.5 Å². The fourth-order valence-corrected chi connectivity index (χ4v) is 2.89. The van der Waals surface area contributed by atoms with Gasteiger partial charge in [0.1, 0.15) is 5.78 Å². The molecular weight excluding hydrogens is 296 g/mol. The fraction of sp³-hybridized carbons (Fsp3) is 0.462. The van der Waals surface area contributed by atoms with Gasteiger partial charge in [0.25, 0.3) is 5.69 Å². The fourth-order valence-electron chi connectivity index (χ4n) is 1.97. The Morgan fingerprint density at radius 1 is 1.38 bits per heavy atom. The van der Waals surface area contributed by atoms with E-state index in [1.54, 1.807) is 0 Å². The lowest BCUT2D eigenvalue weighted by Gasteiger charge is -2.12. The molecule has 1 aliphatic rings. The molecule has 1 saturated carbocycles. The van der Waals surface area contributed by atoms with Crippen LogP contribution < -0.4 is 0 Å². The minimum absolute atomic E-state index is 0.00906. The molecule has 0 bridgehead atoms. The Balaban J connectivity index is 2.40. The maximum atomic E-state index is 12.0. The average molecular weight is 312 g/mol. The zero-order chi connectivity index (χ0) is 15.8. The first kappa shape index (κ1) is 15.6. The highest BCUT2D eigenvalue weighted by molar-refractivity contribution is 7.89. The second-order valence-corrected chi connectivity index (χ2v) is 7.40. The minimum Gasteiger partial charge on any atom is -0.299 e. The van der Waals surface area contributed by atoms with Gasteiger partial charge < -0.3 is 0 Å². The maximum Gasteiger partial charge on any atom is 0.274 e. The molecule has 1 fully saturated rings. The summed E-state index contributed by atoms with van der Waals surface area (Å²) in [4.78, 5) is 22.1. The molecule has 1 aliphatic carbocycles. The van der Waals surface area contributed by atoms with E-state index in [0.717, 1.165) is 23.2 Å². The van der Waals surface area contributed by atoms with Gasteiger partial charge in [-0.3, -0.25) is 14.9 Å². The Morgan fingerprint density at radius 2 is 2.00 bits per heavy atom. The molecule has 0 saturated heterocycles. The van der Waals surface area contributed by atoms with Gasteiger partial charge in [-0.15, -0.1) is 0 Å². The summed E-state index contributed by atoms with van der Waals surface area (Å²) in [6, 6.07) is 3.68. The molecule has 7 nitrogen and oxygen atoms in total. The van der Waals surface area contributed by atoms with Crippen LogP contribution in [0.5, 0.6) is 0 Å². The Labute approximate surface area is 122 Å². The molecule has 0 aromatic heterocycles. The maximum absolute atomic E-state index is 12.0. The number of hydrogen-bond donors (Lipinski definition) is 0. The number of ketones is 1. The number of Topliss-reactive ketones (excluding diaryl/α,β-unsaturated/α-hetero) is 1. The van der Waals surface area contributed by atoms with Crippen LogP contribution in [0.4, 0.5) is 5.69 Å². The summed E-state index contributed by atoms with van der Waals surface area (Å²) in [5, 5.41) is 11.1. The number of hydrogen-bond acceptors (Lipinski definition) is 5. The Bertz CT molecular complexity index is 693. The SMILES string of the molecule is CN(C)S(=O)(=O)c1ccc(CC(=O)C2CC2)c([N+](=O)[O-])c1. The van der Waals surface area contributed by atoms with Crippen molar-refractivity contribution in [2.24, 2.45) is 5.92 Å². The molecule has 0 atom stereocenters. The first-order chi connectivity index (χ1) is 9.73. The van der Waals surface area contributed by atoms with Crippen molar-refractivity contribution in [1.82, 2.24) is 4.31 Å². The third-order valence-corrected chi connectivity index (χ3v) is 5.24. The van der Waals surface area contributed by atoms with Crippen LogP contribution in [0.2, 0.25) is 0 Å². The van der Waals surface area contributed by atoms with Gasteiger partial charge in [-0.25, -0.2) is 12.7 Å². The topological polar surface area (TPSA) is 97.6 Å². The summed E-state index contributed by atoms with van der Waals surface area (Å²) in [5.74, 6) is -0.0175. The lowest BCUT2D eigenvalue weighted by molar-refractivity contribution is -0.385. The summed E-state index contributed by atoms with van der Waals surface area (Å²) in [7, 11) is -1.03.